The van der Waals surface area contributed by atoms with E-state index in [1.807, 2.05) is 7.05 Å². The molecule has 2 aliphatic heterocycles. The van der Waals surface area contributed by atoms with Crippen LogP contribution in [0.4, 0.5) is 4.39 Å². The lowest BCUT2D eigenvalue weighted by Gasteiger charge is -2.37. The summed E-state index contributed by atoms with van der Waals surface area (Å²) >= 11 is 0. The van der Waals surface area contributed by atoms with Gasteiger partial charge >= 0.3 is 0 Å². The van der Waals surface area contributed by atoms with Gasteiger partial charge in [0, 0.05) is 39.1 Å². The molecule has 1 aromatic rings. The number of nitrogens with one attached hydrogen (secondary N) is 1. The van der Waals surface area contributed by atoms with Gasteiger partial charge in [-0.3, -0.25) is 9.59 Å². The molecule has 0 unspecified atom stereocenters. The maximum Gasteiger partial charge on any atom is 0.225 e. The summed E-state index contributed by atoms with van der Waals surface area (Å²) in [5.74, 6) is -0.778. The van der Waals surface area contributed by atoms with Crippen molar-refractivity contribution in [2.45, 2.75) is 37.8 Å². The Kier molecular flexibility index (Phi) is 6.11. The molecule has 148 valence electrons. The smallest absolute Gasteiger partial charge is 0.225 e. The summed E-state index contributed by atoms with van der Waals surface area (Å²) in [5.41, 5.74) is -0.140. The van der Waals surface area contributed by atoms with Crippen molar-refractivity contribution in [3.05, 3.63) is 35.6 Å². The predicted octanol–water partition coefficient (Wildman–Crippen LogP) is 1.14. The number of likely N-dealkylation sites (tertiary alicyclic amines) is 2. The van der Waals surface area contributed by atoms with Crippen LogP contribution in [-0.2, 0) is 16.1 Å². The first-order valence-corrected chi connectivity index (χ1v) is 9.55. The van der Waals surface area contributed by atoms with E-state index in [4.69, 9.17) is 0 Å². The molecule has 1 atom stereocenters. The molecule has 0 spiro atoms. The molecule has 2 fully saturated rings. The van der Waals surface area contributed by atoms with Gasteiger partial charge in [-0.1, -0.05) is 12.1 Å². The summed E-state index contributed by atoms with van der Waals surface area (Å²) in [5, 5.41) is 13.5. The van der Waals surface area contributed by atoms with E-state index in [1.165, 1.54) is 12.1 Å². The van der Waals surface area contributed by atoms with Gasteiger partial charge in [-0.15, -0.1) is 0 Å². The van der Waals surface area contributed by atoms with Crippen LogP contribution < -0.4 is 5.32 Å². The van der Waals surface area contributed by atoms with Crippen LogP contribution in [0.15, 0.2) is 24.3 Å². The summed E-state index contributed by atoms with van der Waals surface area (Å²) in [6, 6.07) is 6.17. The van der Waals surface area contributed by atoms with Gasteiger partial charge in [-0.2, -0.15) is 0 Å². The molecule has 2 amide bonds. The highest BCUT2D eigenvalue weighted by molar-refractivity contribution is 5.83. The number of halogens is 1. The second kappa shape index (κ2) is 8.35. The fourth-order valence-corrected chi connectivity index (χ4v) is 3.74. The summed E-state index contributed by atoms with van der Waals surface area (Å²) in [6.45, 7) is 2.49. The molecule has 3 rings (SSSR count). The Bertz CT molecular complexity index is 689. The van der Waals surface area contributed by atoms with Crippen LogP contribution in [0.25, 0.3) is 0 Å². The molecule has 0 saturated carbocycles. The number of piperidine rings is 2. The standard InChI is InChI=1S/C20H28FN3O3/c1-23-9-7-20(27,8-10-23)14-22-19(26)16-5-6-18(25)24(13-16)12-15-3-2-4-17(21)11-15/h2-4,11,16,27H,5-10,12-14H2,1H3,(H,22,26)/t16-/m0/s1. The molecule has 6 nitrogen and oxygen atoms in total. The Morgan fingerprint density at radius 3 is 2.81 bits per heavy atom. The first-order chi connectivity index (χ1) is 12.8. The van der Waals surface area contributed by atoms with Crippen LogP contribution in [0.3, 0.4) is 0 Å². The molecular formula is C20H28FN3O3. The van der Waals surface area contributed by atoms with Crippen LogP contribution >= 0.6 is 0 Å². The van der Waals surface area contributed by atoms with Gasteiger partial charge in [-0.25, -0.2) is 4.39 Å². The van der Waals surface area contributed by atoms with Crippen LogP contribution in [0.5, 0.6) is 0 Å². The molecule has 2 saturated heterocycles. The summed E-state index contributed by atoms with van der Waals surface area (Å²) in [6.07, 6.45) is 2.09. The second-order valence-electron chi connectivity index (χ2n) is 7.89. The quantitative estimate of drug-likeness (QED) is 0.807. The largest absolute Gasteiger partial charge is 0.388 e. The van der Waals surface area contributed by atoms with Crippen LogP contribution in [-0.4, -0.2) is 65.5 Å². The normalized spacial score (nSPS) is 23.3. The van der Waals surface area contributed by atoms with Gasteiger partial charge in [0.2, 0.25) is 11.8 Å². The Hall–Kier alpha value is -1.99. The number of hydrogen-bond donors (Lipinski definition) is 2. The zero-order valence-electron chi connectivity index (χ0n) is 15.8. The van der Waals surface area contributed by atoms with Gasteiger partial charge < -0.3 is 20.2 Å². The monoisotopic (exact) mass is 377 g/mol. The molecule has 0 aromatic heterocycles. The van der Waals surface area contributed by atoms with Gasteiger partial charge in [0.1, 0.15) is 5.82 Å². The highest BCUT2D eigenvalue weighted by Gasteiger charge is 2.34. The zero-order valence-corrected chi connectivity index (χ0v) is 15.8. The van der Waals surface area contributed by atoms with E-state index in [2.05, 4.69) is 10.2 Å². The second-order valence-corrected chi connectivity index (χ2v) is 7.89. The first-order valence-electron chi connectivity index (χ1n) is 9.55. The Balaban J connectivity index is 1.53. The van der Waals surface area contributed by atoms with Crippen molar-refractivity contribution < 1.29 is 19.1 Å². The van der Waals surface area contributed by atoms with Crippen molar-refractivity contribution >= 4 is 11.8 Å². The number of rotatable bonds is 5. The van der Waals surface area contributed by atoms with E-state index in [0.29, 0.717) is 44.3 Å². The topological polar surface area (TPSA) is 72.9 Å². The van der Waals surface area contributed by atoms with E-state index in [-0.39, 0.29) is 30.1 Å². The van der Waals surface area contributed by atoms with E-state index in [1.54, 1.807) is 17.0 Å². The van der Waals surface area contributed by atoms with Gasteiger partial charge in [0.15, 0.2) is 0 Å². The highest BCUT2D eigenvalue weighted by atomic mass is 19.1. The lowest BCUT2D eigenvalue weighted by molar-refractivity contribution is -0.139. The molecule has 2 aliphatic rings. The van der Waals surface area contributed by atoms with Crippen molar-refractivity contribution in [2.24, 2.45) is 5.92 Å². The Morgan fingerprint density at radius 2 is 2.11 bits per heavy atom. The van der Waals surface area contributed by atoms with Crippen molar-refractivity contribution in [3.63, 3.8) is 0 Å². The lowest BCUT2D eigenvalue weighted by atomic mass is 9.90. The minimum Gasteiger partial charge on any atom is -0.388 e. The fraction of sp³-hybridized carbons (Fsp3) is 0.600. The highest BCUT2D eigenvalue weighted by Crippen LogP contribution is 2.23. The number of aliphatic hydroxyl groups is 1. The van der Waals surface area contributed by atoms with E-state index < -0.39 is 5.60 Å². The summed E-state index contributed by atoms with van der Waals surface area (Å²) < 4.78 is 13.4. The lowest BCUT2D eigenvalue weighted by Crippen LogP contribution is -2.52. The van der Waals surface area contributed by atoms with Crippen molar-refractivity contribution in [1.29, 1.82) is 0 Å². The number of benzene rings is 1. The Morgan fingerprint density at radius 1 is 1.37 bits per heavy atom. The number of carbonyl (C=O) groups is 2. The average molecular weight is 377 g/mol. The minimum atomic E-state index is -0.853. The number of carbonyl (C=O) groups excluding carboxylic acids is 2. The van der Waals surface area contributed by atoms with Crippen molar-refractivity contribution in [2.75, 3.05) is 33.2 Å². The van der Waals surface area contributed by atoms with E-state index in [9.17, 15) is 19.1 Å². The summed E-state index contributed by atoms with van der Waals surface area (Å²) in [7, 11) is 2.02. The Labute approximate surface area is 159 Å². The van der Waals surface area contributed by atoms with Crippen molar-refractivity contribution in [1.82, 2.24) is 15.1 Å². The van der Waals surface area contributed by atoms with Crippen LogP contribution in [0.1, 0.15) is 31.2 Å². The molecule has 0 aliphatic carbocycles. The van der Waals surface area contributed by atoms with Crippen LogP contribution in [0.2, 0.25) is 0 Å². The predicted molar refractivity (Wildman–Crippen MR) is 99.2 cm³/mol. The first kappa shape index (κ1) is 19.8. The number of amides is 2. The maximum absolute atomic E-state index is 13.4. The summed E-state index contributed by atoms with van der Waals surface area (Å²) in [4.78, 5) is 28.5. The molecule has 2 heterocycles. The molecule has 0 bridgehead atoms. The SMILES string of the molecule is CN1CCC(O)(CNC(=O)[C@H]2CCC(=O)N(Cc3cccc(F)c3)C2)CC1. The molecule has 1 aromatic carbocycles. The zero-order chi connectivity index (χ0) is 19.4. The van der Waals surface area contributed by atoms with E-state index >= 15 is 0 Å². The van der Waals surface area contributed by atoms with Crippen molar-refractivity contribution in [3.8, 4) is 0 Å². The average Bonchev–Trinajstić information content (AvgIpc) is 2.64. The third-order valence-electron chi connectivity index (χ3n) is 5.64. The molecule has 7 heteroatoms. The molecule has 0 radical (unpaired) electrons. The van der Waals surface area contributed by atoms with Gasteiger partial charge in [0.05, 0.1) is 11.5 Å². The third-order valence-corrected chi connectivity index (χ3v) is 5.64. The minimum absolute atomic E-state index is 0.0164. The van der Waals surface area contributed by atoms with Gasteiger partial charge in [0.25, 0.3) is 0 Å². The van der Waals surface area contributed by atoms with Gasteiger partial charge in [-0.05, 0) is 44.0 Å². The third kappa shape index (κ3) is 5.26. The maximum atomic E-state index is 13.4. The van der Waals surface area contributed by atoms with E-state index in [0.717, 1.165) is 13.1 Å². The fourth-order valence-electron chi connectivity index (χ4n) is 3.74. The molecular weight excluding hydrogens is 349 g/mol. The number of hydrogen-bond acceptors (Lipinski definition) is 4. The molecule has 2 N–H and O–H groups in total. The molecule has 27 heavy (non-hydrogen) atoms. The van der Waals surface area contributed by atoms with Crippen LogP contribution in [0, 0.1) is 11.7 Å². The number of nitrogens with zero attached hydrogens (tertiary/aromatic N) is 2.